The average molecular weight is 218 g/mol. The molecule has 1 aliphatic rings. The van der Waals surface area contributed by atoms with E-state index in [-0.39, 0.29) is 5.91 Å². The third kappa shape index (κ3) is 2.42. The molecule has 1 aromatic carbocycles. The third-order valence-corrected chi connectivity index (χ3v) is 3.18. The largest absolute Gasteiger partial charge is 0.340 e. The SMILES string of the molecule is Cc1ccc(CC(=O)N(C)C2CNC2)cc1. The van der Waals surface area contributed by atoms with E-state index in [1.165, 1.54) is 5.56 Å². The molecule has 1 amide bonds. The van der Waals surface area contributed by atoms with E-state index in [9.17, 15) is 4.79 Å². The molecule has 16 heavy (non-hydrogen) atoms. The van der Waals surface area contributed by atoms with Gasteiger partial charge in [0.2, 0.25) is 5.91 Å². The Morgan fingerprint density at radius 3 is 2.50 bits per heavy atom. The standard InChI is InChI=1S/C13H18N2O/c1-10-3-5-11(6-4-10)7-13(16)15(2)12-8-14-9-12/h3-6,12,14H,7-9H2,1-2H3. The molecule has 0 saturated carbocycles. The summed E-state index contributed by atoms with van der Waals surface area (Å²) in [6.07, 6.45) is 0.507. The summed E-state index contributed by atoms with van der Waals surface area (Å²) < 4.78 is 0. The van der Waals surface area contributed by atoms with Crippen LogP contribution in [0.2, 0.25) is 0 Å². The summed E-state index contributed by atoms with van der Waals surface area (Å²) in [6.45, 7) is 3.91. The van der Waals surface area contributed by atoms with Crippen molar-refractivity contribution in [3.8, 4) is 0 Å². The van der Waals surface area contributed by atoms with Crippen LogP contribution in [-0.2, 0) is 11.2 Å². The van der Waals surface area contributed by atoms with E-state index in [1.807, 2.05) is 36.2 Å². The molecule has 1 N–H and O–H groups in total. The zero-order chi connectivity index (χ0) is 11.5. The molecule has 1 heterocycles. The predicted octanol–water partition coefficient (Wildman–Crippen LogP) is 0.968. The van der Waals surface area contributed by atoms with E-state index in [0.29, 0.717) is 12.5 Å². The van der Waals surface area contributed by atoms with Crippen LogP contribution in [0.25, 0.3) is 0 Å². The van der Waals surface area contributed by atoms with Gasteiger partial charge in [-0.25, -0.2) is 0 Å². The molecule has 1 saturated heterocycles. The molecule has 0 spiro atoms. The maximum atomic E-state index is 11.9. The highest BCUT2D eigenvalue weighted by Gasteiger charge is 2.24. The Hall–Kier alpha value is -1.35. The first kappa shape index (κ1) is 11.1. The molecule has 1 aromatic rings. The highest BCUT2D eigenvalue weighted by atomic mass is 16.2. The summed E-state index contributed by atoms with van der Waals surface area (Å²) in [6, 6.07) is 8.54. The van der Waals surface area contributed by atoms with Crippen LogP contribution >= 0.6 is 0 Å². The number of aryl methyl sites for hydroxylation is 1. The van der Waals surface area contributed by atoms with Crippen molar-refractivity contribution < 1.29 is 4.79 Å². The van der Waals surface area contributed by atoms with Crippen LogP contribution in [0, 0.1) is 6.92 Å². The van der Waals surface area contributed by atoms with Crippen LogP contribution in [0.15, 0.2) is 24.3 Å². The summed E-state index contributed by atoms with van der Waals surface area (Å²) >= 11 is 0. The second-order valence-electron chi connectivity index (χ2n) is 4.48. The van der Waals surface area contributed by atoms with Crippen LogP contribution in [0.4, 0.5) is 0 Å². The lowest BCUT2D eigenvalue weighted by molar-refractivity contribution is -0.132. The van der Waals surface area contributed by atoms with Crippen molar-refractivity contribution in [3.63, 3.8) is 0 Å². The van der Waals surface area contributed by atoms with Crippen molar-refractivity contribution >= 4 is 5.91 Å². The van der Waals surface area contributed by atoms with E-state index < -0.39 is 0 Å². The second kappa shape index (κ2) is 4.66. The Bertz CT molecular complexity index is 368. The topological polar surface area (TPSA) is 32.3 Å². The van der Waals surface area contributed by atoms with Crippen LogP contribution in [0.3, 0.4) is 0 Å². The van der Waals surface area contributed by atoms with Crippen LogP contribution < -0.4 is 5.32 Å². The van der Waals surface area contributed by atoms with Gasteiger partial charge in [0.05, 0.1) is 12.5 Å². The molecular formula is C13H18N2O. The van der Waals surface area contributed by atoms with Crippen molar-refractivity contribution in [2.24, 2.45) is 0 Å². The Balaban J connectivity index is 1.93. The summed E-state index contributed by atoms with van der Waals surface area (Å²) in [5.41, 5.74) is 2.32. The first-order valence-electron chi connectivity index (χ1n) is 5.69. The van der Waals surface area contributed by atoms with Gasteiger partial charge < -0.3 is 10.2 Å². The van der Waals surface area contributed by atoms with Gasteiger partial charge in [-0.05, 0) is 12.5 Å². The van der Waals surface area contributed by atoms with Gasteiger partial charge in [0.25, 0.3) is 0 Å². The highest BCUT2D eigenvalue weighted by Crippen LogP contribution is 2.08. The van der Waals surface area contributed by atoms with E-state index in [0.717, 1.165) is 18.7 Å². The van der Waals surface area contributed by atoms with Gasteiger partial charge in [0, 0.05) is 20.1 Å². The first-order valence-corrected chi connectivity index (χ1v) is 5.69. The quantitative estimate of drug-likeness (QED) is 0.820. The van der Waals surface area contributed by atoms with Gasteiger partial charge >= 0.3 is 0 Å². The van der Waals surface area contributed by atoms with E-state index >= 15 is 0 Å². The van der Waals surface area contributed by atoms with Gasteiger partial charge in [0.15, 0.2) is 0 Å². The summed E-state index contributed by atoms with van der Waals surface area (Å²) in [7, 11) is 1.89. The van der Waals surface area contributed by atoms with Crippen molar-refractivity contribution in [1.29, 1.82) is 0 Å². The normalized spacial score (nSPS) is 15.6. The minimum Gasteiger partial charge on any atom is -0.340 e. The Morgan fingerprint density at radius 1 is 1.38 bits per heavy atom. The summed E-state index contributed by atoms with van der Waals surface area (Å²) in [5.74, 6) is 0.204. The smallest absolute Gasteiger partial charge is 0.227 e. The number of hydrogen-bond acceptors (Lipinski definition) is 2. The molecule has 3 nitrogen and oxygen atoms in total. The Morgan fingerprint density at radius 2 is 2.00 bits per heavy atom. The molecule has 0 radical (unpaired) electrons. The molecular weight excluding hydrogens is 200 g/mol. The fraction of sp³-hybridized carbons (Fsp3) is 0.462. The number of amides is 1. The molecule has 0 bridgehead atoms. The zero-order valence-electron chi connectivity index (χ0n) is 9.86. The second-order valence-corrected chi connectivity index (χ2v) is 4.48. The van der Waals surface area contributed by atoms with Crippen LogP contribution in [0.5, 0.6) is 0 Å². The third-order valence-electron chi connectivity index (χ3n) is 3.18. The number of carbonyl (C=O) groups is 1. The van der Waals surface area contributed by atoms with Gasteiger partial charge in [0.1, 0.15) is 0 Å². The highest BCUT2D eigenvalue weighted by molar-refractivity contribution is 5.79. The number of benzene rings is 1. The molecule has 0 unspecified atom stereocenters. The van der Waals surface area contributed by atoms with Gasteiger partial charge in [-0.3, -0.25) is 4.79 Å². The summed E-state index contributed by atoms with van der Waals surface area (Å²) in [4.78, 5) is 13.8. The number of nitrogens with zero attached hydrogens (tertiary/aromatic N) is 1. The average Bonchev–Trinajstić information content (AvgIpc) is 2.19. The predicted molar refractivity (Wildman–Crippen MR) is 64.3 cm³/mol. The van der Waals surface area contributed by atoms with Gasteiger partial charge in [-0.15, -0.1) is 0 Å². The van der Waals surface area contributed by atoms with Gasteiger partial charge in [-0.1, -0.05) is 29.8 Å². The molecule has 0 atom stereocenters. The van der Waals surface area contributed by atoms with Crippen molar-refractivity contribution in [1.82, 2.24) is 10.2 Å². The number of likely N-dealkylation sites (N-methyl/N-ethyl adjacent to an activating group) is 1. The molecule has 2 rings (SSSR count). The monoisotopic (exact) mass is 218 g/mol. The Labute approximate surface area is 96.5 Å². The van der Waals surface area contributed by atoms with Crippen molar-refractivity contribution in [2.75, 3.05) is 20.1 Å². The maximum Gasteiger partial charge on any atom is 0.227 e. The maximum absolute atomic E-state index is 11.9. The molecule has 1 aliphatic heterocycles. The molecule has 0 aromatic heterocycles. The lowest BCUT2D eigenvalue weighted by Crippen LogP contribution is -2.57. The minimum absolute atomic E-state index is 0.204. The number of rotatable bonds is 3. The lowest BCUT2D eigenvalue weighted by Gasteiger charge is -2.35. The van der Waals surface area contributed by atoms with Crippen molar-refractivity contribution in [2.45, 2.75) is 19.4 Å². The van der Waals surface area contributed by atoms with E-state index in [4.69, 9.17) is 0 Å². The minimum atomic E-state index is 0.204. The fourth-order valence-electron chi connectivity index (χ4n) is 1.76. The molecule has 3 heteroatoms. The number of nitrogens with one attached hydrogen (secondary N) is 1. The fourth-order valence-corrected chi connectivity index (χ4v) is 1.76. The molecule has 0 aliphatic carbocycles. The van der Waals surface area contributed by atoms with E-state index in [1.54, 1.807) is 0 Å². The lowest BCUT2D eigenvalue weighted by atomic mass is 10.1. The first-order chi connectivity index (χ1) is 7.66. The van der Waals surface area contributed by atoms with Gasteiger partial charge in [-0.2, -0.15) is 0 Å². The molecule has 1 fully saturated rings. The van der Waals surface area contributed by atoms with Crippen LogP contribution in [0.1, 0.15) is 11.1 Å². The number of carbonyl (C=O) groups excluding carboxylic acids is 1. The van der Waals surface area contributed by atoms with E-state index in [2.05, 4.69) is 12.2 Å². The van der Waals surface area contributed by atoms with Crippen molar-refractivity contribution in [3.05, 3.63) is 35.4 Å². The Kier molecular flexibility index (Phi) is 3.25. The van der Waals surface area contributed by atoms with Crippen LogP contribution in [-0.4, -0.2) is 37.0 Å². The molecule has 86 valence electrons. The number of hydrogen-bond donors (Lipinski definition) is 1. The summed E-state index contributed by atoms with van der Waals surface area (Å²) in [5, 5.41) is 3.17. The zero-order valence-corrected chi connectivity index (χ0v) is 9.86.